The van der Waals surface area contributed by atoms with Gasteiger partial charge in [-0.2, -0.15) is 5.10 Å². The fourth-order valence-electron chi connectivity index (χ4n) is 3.60. The Morgan fingerprint density at radius 1 is 0.933 bits per heavy atom. The molecule has 0 N–H and O–H groups in total. The summed E-state index contributed by atoms with van der Waals surface area (Å²) in [7, 11) is 0. The third-order valence-electron chi connectivity index (χ3n) is 4.98. The van der Waals surface area contributed by atoms with E-state index in [1.165, 1.54) is 4.68 Å². The molecular formula is C23H21N3O4. The van der Waals surface area contributed by atoms with E-state index in [2.05, 4.69) is 5.10 Å². The largest absolute Gasteiger partial charge is 0.406 e. The Kier molecular flexibility index (Phi) is 4.95. The molecule has 0 saturated heterocycles. The number of benzene rings is 2. The van der Waals surface area contributed by atoms with Crippen molar-refractivity contribution in [3.63, 3.8) is 0 Å². The second kappa shape index (κ2) is 7.59. The number of hydrogen-bond acceptors (Lipinski definition) is 5. The van der Waals surface area contributed by atoms with E-state index in [1.54, 1.807) is 51.1 Å². The first-order valence-corrected chi connectivity index (χ1v) is 9.69. The highest BCUT2D eigenvalue weighted by Gasteiger charge is 2.45. The first-order valence-electron chi connectivity index (χ1n) is 9.69. The van der Waals surface area contributed by atoms with Crippen molar-refractivity contribution in [1.82, 2.24) is 14.7 Å². The summed E-state index contributed by atoms with van der Waals surface area (Å²) < 4.78 is 7.19. The van der Waals surface area contributed by atoms with E-state index in [9.17, 15) is 14.4 Å². The van der Waals surface area contributed by atoms with E-state index in [1.807, 2.05) is 30.3 Å². The van der Waals surface area contributed by atoms with E-state index >= 15 is 0 Å². The average molecular weight is 403 g/mol. The average Bonchev–Trinajstić information content (AvgIpc) is 3.21. The molecule has 7 heteroatoms. The lowest BCUT2D eigenvalue weighted by Crippen LogP contribution is -2.49. The minimum atomic E-state index is -1.06. The summed E-state index contributed by atoms with van der Waals surface area (Å²) in [5, 5.41) is 4.39. The number of imide groups is 1. The van der Waals surface area contributed by atoms with E-state index in [4.69, 9.17) is 4.74 Å². The maximum atomic E-state index is 13.2. The van der Waals surface area contributed by atoms with Crippen LogP contribution in [0, 0.1) is 12.8 Å². The number of rotatable bonds is 5. The molecule has 2 amide bonds. The van der Waals surface area contributed by atoms with Crippen LogP contribution in [-0.2, 0) is 4.79 Å². The van der Waals surface area contributed by atoms with Gasteiger partial charge in [0.15, 0.2) is 0 Å². The van der Waals surface area contributed by atoms with Crippen LogP contribution in [0.3, 0.4) is 0 Å². The van der Waals surface area contributed by atoms with Crippen molar-refractivity contribution in [2.45, 2.75) is 26.8 Å². The first kappa shape index (κ1) is 19.6. The van der Waals surface area contributed by atoms with Crippen LogP contribution in [0.25, 0.3) is 5.69 Å². The number of esters is 1. The van der Waals surface area contributed by atoms with E-state index in [0.717, 1.165) is 10.6 Å². The van der Waals surface area contributed by atoms with Crippen molar-refractivity contribution in [3.05, 3.63) is 77.5 Å². The molecule has 3 aromatic rings. The van der Waals surface area contributed by atoms with Crippen molar-refractivity contribution >= 4 is 17.8 Å². The summed E-state index contributed by atoms with van der Waals surface area (Å²) in [6.07, 6.45) is 0. The van der Waals surface area contributed by atoms with Crippen molar-refractivity contribution in [2.75, 3.05) is 0 Å². The highest BCUT2D eigenvalue weighted by atomic mass is 16.5. The number of nitrogens with zero attached hydrogens (tertiary/aromatic N) is 3. The molecule has 0 saturated carbocycles. The van der Waals surface area contributed by atoms with Gasteiger partial charge in [-0.25, -0.2) is 9.48 Å². The van der Waals surface area contributed by atoms with E-state index in [0.29, 0.717) is 16.8 Å². The predicted octanol–water partition coefficient (Wildman–Crippen LogP) is 3.41. The van der Waals surface area contributed by atoms with Crippen LogP contribution >= 0.6 is 0 Å². The molecule has 7 nitrogen and oxygen atoms in total. The Hall–Kier alpha value is -3.74. The molecule has 152 valence electrons. The Morgan fingerprint density at radius 3 is 2.07 bits per heavy atom. The summed E-state index contributed by atoms with van der Waals surface area (Å²) in [6, 6.07) is 16.4. The monoisotopic (exact) mass is 403 g/mol. The van der Waals surface area contributed by atoms with Gasteiger partial charge in [-0.3, -0.25) is 14.5 Å². The lowest BCUT2D eigenvalue weighted by Gasteiger charge is -2.27. The number of ether oxygens (including phenoxy) is 1. The highest BCUT2D eigenvalue weighted by Crippen LogP contribution is 2.28. The Bertz CT molecular complexity index is 1100. The third-order valence-corrected chi connectivity index (χ3v) is 4.98. The molecule has 0 unspecified atom stereocenters. The van der Waals surface area contributed by atoms with Gasteiger partial charge in [0.1, 0.15) is 6.04 Å². The first-order chi connectivity index (χ1) is 14.4. The van der Waals surface area contributed by atoms with E-state index in [-0.39, 0.29) is 11.8 Å². The lowest BCUT2D eigenvalue weighted by molar-refractivity contribution is -0.140. The topological polar surface area (TPSA) is 81.5 Å². The normalized spacial score (nSPS) is 14.2. The fourth-order valence-corrected chi connectivity index (χ4v) is 3.60. The van der Waals surface area contributed by atoms with Crippen LogP contribution in [0.4, 0.5) is 0 Å². The molecule has 30 heavy (non-hydrogen) atoms. The SMILES string of the molecule is Cc1cc(OC(=O)[C@@H](C(C)C)N2C(=O)c3ccccc3C2=O)n(-c2ccccc2)n1. The van der Waals surface area contributed by atoms with Crippen molar-refractivity contribution in [2.24, 2.45) is 5.92 Å². The predicted molar refractivity (Wildman–Crippen MR) is 110 cm³/mol. The molecule has 4 rings (SSSR count). The smallest absolute Gasteiger partial charge is 0.336 e. The molecule has 2 aromatic carbocycles. The number of hydrogen-bond donors (Lipinski definition) is 0. The van der Waals surface area contributed by atoms with E-state index < -0.39 is 23.8 Å². The van der Waals surface area contributed by atoms with Crippen molar-refractivity contribution in [1.29, 1.82) is 0 Å². The van der Waals surface area contributed by atoms with Crippen LogP contribution in [0.15, 0.2) is 60.7 Å². The molecule has 0 bridgehead atoms. The summed E-state index contributed by atoms with van der Waals surface area (Å²) in [5.41, 5.74) is 2.00. The summed E-state index contributed by atoms with van der Waals surface area (Å²) in [5.74, 6) is -1.77. The molecule has 0 radical (unpaired) electrons. The second-order valence-corrected chi connectivity index (χ2v) is 7.51. The second-order valence-electron chi connectivity index (χ2n) is 7.51. The minimum absolute atomic E-state index is 0.228. The number of carbonyl (C=O) groups excluding carboxylic acids is 3. The molecular weight excluding hydrogens is 382 g/mol. The number of carbonyl (C=O) groups is 3. The molecule has 1 atom stereocenters. The van der Waals surface area contributed by atoms with Gasteiger partial charge in [0.05, 0.1) is 22.5 Å². The molecule has 0 spiro atoms. The molecule has 1 aliphatic rings. The zero-order valence-electron chi connectivity index (χ0n) is 16.9. The summed E-state index contributed by atoms with van der Waals surface area (Å²) >= 11 is 0. The van der Waals surface area contributed by atoms with Crippen molar-refractivity contribution < 1.29 is 19.1 Å². The number of aromatic nitrogens is 2. The quantitative estimate of drug-likeness (QED) is 0.482. The highest BCUT2D eigenvalue weighted by molar-refractivity contribution is 6.22. The van der Waals surface area contributed by atoms with Crippen LogP contribution < -0.4 is 4.74 Å². The molecule has 0 fully saturated rings. The zero-order chi connectivity index (χ0) is 21.4. The van der Waals surface area contributed by atoms with Crippen LogP contribution in [-0.4, -0.2) is 38.5 Å². The third kappa shape index (κ3) is 3.28. The number of aryl methyl sites for hydroxylation is 1. The van der Waals surface area contributed by atoms with Crippen molar-refractivity contribution in [3.8, 4) is 11.6 Å². The van der Waals surface area contributed by atoms with Gasteiger partial charge >= 0.3 is 5.97 Å². The minimum Gasteiger partial charge on any atom is -0.406 e. The maximum absolute atomic E-state index is 13.2. The Balaban J connectivity index is 1.66. The molecule has 2 heterocycles. The van der Waals surface area contributed by atoms with Crippen LogP contribution in [0.1, 0.15) is 40.3 Å². The Morgan fingerprint density at radius 2 is 1.50 bits per heavy atom. The molecule has 1 aromatic heterocycles. The van der Waals surface area contributed by atoms with Gasteiger partial charge in [0.25, 0.3) is 11.8 Å². The standard InChI is InChI=1S/C23H21N3O4/c1-14(2)20(25-21(27)17-11-7-8-12-18(17)22(25)28)23(29)30-19-13-15(3)24-26(19)16-9-5-4-6-10-16/h4-14,20H,1-3H3/t20-/m1/s1. The summed E-state index contributed by atoms with van der Waals surface area (Å²) in [6.45, 7) is 5.34. The van der Waals surface area contributed by atoms with Crippen LogP contribution in [0.2, 0.25) is 0 Å². The number of para-hydroxylation sites is 1. The number of fused-ring (bicyclic) bond motifs is 1. The lowest BCUT2D eigenvalue weighted by atomic mass is 10.0. The summed E-state index contributed by atoms with van der Waals surface area (Å²) in [4.78, 5) is 39.9. The fraction of sp³-hybridized carbons (Fsp3) is 0.217. The van der Waals surface area contributed by atoms with Gasteiger partial charge in [0.2, 0.25) is 5.88 Å². The number of amides is 2. The van der Waals surface area contributed by atoms with Gasteiger partial charge < -0.3 is 4.74 Å². The van der Waals surface area contributed by atoms with Gasteiger partial charge in [-0.1, -0.05) is 44.2 Å². The van der Waals surface area contributed by atoms with Gasteiger partial charge in [0, 0.05) is 6.07 Å². The van der Waals surface area contributed by atoms with Gasteiger partial charge in [-0.15, -0.1) is 0 Å². The van der Waals surface area contributed by atoms with Gasteiger partial charge in [-0.05, 0) is 37.1 Å². The Labute approximate surface area is 173 Å². The maximum Gasteiger partial charge on any atom is 0.336 e. The molecule has 1 aliphatic heterocycles. The zero-order valence-corrected chi connectivity index (χ0v) is 16.9. The van der Waals surface area contributed by atoms with Crippen LogP contribution in [0.5, 0.6) is 5.88 Å². The molecule has 0 aliphatic carbocycles.